The third-order valence-electron chi connectivity index (χ3n) is 2.75. The van der Waals surface area contributed by atoms with Crippen molar-refractivity contribution in [2.24, 2.45) is 0 Å². The van der Waals surface area contributed by atoms with Crippen molar-refractivity contribution in [3.63, 3.8) is 0 Å². The zero-order valence-corrected chi connectivity index (χ0v) is 12.7. The molecule has 0 bridgehead atoms. The monoisotopic (exact) mass is 370 g/mol. The van der Waals surface area contributed by atoms with E-state index in [1.807, 2.05) is 18.2 Å². The maximum Gasteiger partial charge on any atom is 0.195 e. The number of halogens is 2. The molecule has 1 aliphatic carbocycles. The summed E-state index contributed by atoms with van der Waals surface area (Å²) in [4.78, 5) is 12.1. The Labute approximate surface area is 123 Å². The van der Waals surface area contributed by atoms with E-state index in [1.165, 1.54) is 0 Å². The van der Waals surface area contributed by atoms with Crippen LogP contribution in [0, 0.1) is 0 Å². The molecule has 1 aromatic rings. The lowest BCUT2D eigenvalue weighted by Crippen LogP contribution is -2.17. The van der Waals surface area contributed by atoms with Gasteiger partial charge in [-0.3, -0.25) is 4.79 Å². The average Bonchev–Trinajstić information content (AvgIpc) is 2.38. The average molecular weight is 372 g/mol. The number of hydrogen-bond donors (Lipinski definition) is 1. The summed E-state index contributed by atoms with van der Waals surface area (Å²) in [6, 6.07) is 8.95. The summed E-state index contributed by atoms with van der Waals surface area (Å²) in [7, 11) is 0. The van der Waals surface area contributed by atoms with Gasteiger partial charge in [-0.05, 0) is 12.0 Å². The molecule has 2 nitrogen and oxygen atoms in total. The molecule has 0 saturated carbocycles. The molecule has 0 amide bonds. The maximum absolute atomic E-state index is 12.1. The van der Waals surface area contributed by atoms with E-state index in [1.54, 1.807) is 30.3 Å². The molecule has 94 valence electrons. The van der Waals surface area contributed by atoms with Crippen LogP contribution in [0.2, 0.25) is 0 Å². The lowest BCUT2D eigenvalue weighted by molar-refractivity contribution is -0.123. The summed E-state index contributed by atoms with van der Waals surface area (Å²) in [5.41, 5.74) is 1.16. The molecule has 0 aliphatic heterocycles. The minimum Gasteiger partial charge on any atom is -0.380 e. The summed E-state index contributed by atoms with van der Waals surface area (Å²) in [5, 5.41) is 10.0. The van der Waals surface area contributed by atoms with Crippen LogP contribution >= 0.6 is 31.9 Å². The largest absolute Gasteiger partial charge is 0.380 e. The van der Waals surface area contributed by atoms with E-state index in [-0.39, 0.29) is 9.02 Å². The Morgan fingerprint density at radius 2 is 1.94 bits per heavy atom. The minimum atomic E-state index is -1.10. The molecule has 1 aromatic carbocycles. The van der Waals surface area contributed by atoms with E-state index >= 15 is 0 Å². The Morgan fingerprint density at radius 3 is 2.50 bits per heavy atom. The van der Waals surface area contributed by atoms with Crippen LogP contribution in [0.4, 0.5) is 0 Å². The van der Waals surface area contributed by atoms with Crippen molar-refractivity contribution < 1.29 is 9.90 Å². The number of ketones is 1. The number of aliphatic hydroxyl groups excluding tert-OH is 1. The van der Waals surface area contributed by atoms with Gasteiger partial charge in [0.25, 0.3) is 0 Å². The second kappa shape index (κ2) is 5.51. The second-order valence-electron chi connectivity index (χ2n) is 4.14. The van der Waals surface area contributed by atoms with Gasteiger partial charge in [-0.2, -0.15) is 0 Å². The molecule has 1 unspecified atom stereocenters. The highest BCUT2D eigenvalue weighted by atomic mass is 79.9. The van der Waals surface area contributed by atoms with Gasteiger partial charge in [-0.15, -0.1) is 0 Å². The van der Waals surface area contributed by atoms with Crippen LogP contribution in [0.15, 0.2) is 54.1 Å². The summed E-state index contributed by atoms with van der Waals surface area (Å²) in [6.45, 7) is 0. The maximum atomic E-state index is 12.1. The molecule has 0 saturated heterocycles. The molecule has 0 radical (unpaired) electrons. The molecule has 1 N–H and O–H groups in total. The molecule has 1 aliphatic rings. The molecule has 0 spiro atoms. The molecule has 0 aromatic heterocycles. The molecular formula is C14H12Br2O2. The number of Topliss-reactive ketones (excluding diaryl/α,β-unsaturated/α-hetero) is 1. The molecular weight excluding hydrogens is 360 g/mol. The van der Waals surface area contributed by atoms with E-state index in [0.29, 0.717) is 17.6 Å². The van der Waals surface area contributed by atoms with Crippen LogP contribution in [-0.2, 0) is 4.79 Å². The second-order valence-corrected chi connectivity index (χ2v) is 8.03. The number of alkyl halides is 2. The van der Waals surface area contributed by atoms with Crippen LogP contribution in [-0.4, -0.2) is 14.1 Å². The Morgan fingerprint density at radius 1 is 1.28 bits per heavy atom. The van der Waals surface area contributed by atoms with Gasteiger partial charge < -0.3 is 5.11 Å². The summed E-state index contributed by atoms with van der Waals surface area (Å²) >= 11 is 6.92. The first-order chi connectivity index (χ1) is 8.49. The van der Waals surface area contributed by atoms with Gasteiger partial charge in [-0.25, -0.2) is 0 Å². The Bertz CT molecular complexity index is 504. The first-order valence-corrected chi connectivity index (χ1v) is 7.13. The van der Waals surface area contributed by atoms with Crippen LogP contribution in [0.1, 0.15) is 18.1 Å². The smallest absolute Gasteiger partial charge is 0.195 e. The molecule has 0 heterocycles. The summed E-state index contributed by atoms with van der Waals surface area (Å²) in [5.74, 6) is -0.270. The third kappa shape index (κ3) is 3.19. The molecule has 1 atom stereocenters. The topological polar surface area (TPSA) is 37.3 Å². The van der Waals surface area contributed by atoms with E-state index in [9.17, 15) is 9.90 Å². The number of rotatable bonds is 3. The molecule has 4 heteroatoms. The molecule has 0 fully saturated rings. The fourth-order valence-electron chi connectivity index (χ4n) is 1.72. The van der Waals surface area contributed by atoms with Crippen molar-refractivity contribution in [2.45, 2.75) is 15.8 Å². The Kier molecular flexibility index (Phi) is 4.20. The van der Waals surface area contributed by atoms with Gasteiger partial charge in [0.15, 0.2) is 5.78 Å². The van der Waals surface area contributed by atoms with Crippen molar-refractivity contribution in [2.75, 3.05) is 0 Å². The van der Waals surface area contributed by atoms with Gasteiger partial charge in [0.1, 0.15) is 9.34 Å². The van der Waals surface area contributed by atoms with Gasteiger partial charge in [-0.1, -0.05) is 80.4 Å². The summed E-state index contributed by atoms with van der Waals surface area (Å²) in [6.07, 6.45) is 4.96. The normalized spacial score (nSPS) is 19.2. The van der Waals surface area contributed by atoms with E-state index < -0.39 is 6.10 Å². The number of carbonyl (C=O) groups excluding carboxylic acids is 1. The van der Waals surface area contributed by atoms with Crippen LogP contribution < -0.4 is 0 Å². The van der Waals surface area contributed by atoms with E-state index in [4.69, 9.17) is 0 Å². The van der Waals surface area contributed by atoms with Gasteiger partial charge >= 0.3 is 0 Å². The number of benzene rings is 1. The van der Waals surface area contributed by atoms with Gasteiger partial charge in [0.2, 0.25) is 0 Å². The number of aliphatic hydroxyl groups is 1. The lowest BCUT2D eigenvalue weighted by atomic mass is 9.96. The first-order valence-electron chi connectivity index (χ1n) is 5.54. The van der Waals surface area contributed by atoms with Crippen LogP contribution in [0.25, 0.3) is 0 Å². The van der Waals surface area contributed by atoms with Crippen molar-refractivity contribution in [1.82, 2.24) is 0 Å². The number of carbonyl (C=O) groups is 1. The van der Waals surface area contributed by atoms with Crippen molar-refractivity contribution in [3.8, 4) is 0 Å². The van der Waals surface area contributed by atoms with Crippen molar-refractivity contribution in [1.29, 1.82) is 0 Å². The van der Waals surface area contributed by atoms with Crippen LogP contribution in [0.5, 0.6) is 0 Å². The zero-order valence-electron chi connectivity index (χ0n) is 9.51. The quantitative estimate of drug-likeness (QED) is 0.823. The third-order valence-corrected chi connectivity index (χ3v) is 3.93. The highest BCUT2D eigenvalue weighted by Crippen LogP contribution is 2.36. The minimum absolute atomic E-state index is 0.270. The standard InChI is InChI=1S/C14H12Br2O2/c15-14(16)8-6-11(7-9-14)13(18)12(17)10-4-2-1-3-5-10/h1-8,12,17H,9H2. The molecule has 18 heavy (non-hydrogen) atoms. The van der Waals surface area contributed by atoms with Crippen molar-refractivity contribution in [3.05, 3.63) is 59.7 Å². The fourth-order valence-corrected chi connectivity index (χ4v) is 2.31. The fraction of sp³-hybridized carbons (Fsp3) is 0.214. The zero-order chi connectivity index (χ0) is 13.2. The summed E-state index contributed by atoms with van der Waals surface area (Å²) < 4.78 is -0.276. The first kappa shape index (κ1) is 13.7. The highest BCUT2D eigenvalue weighted by molar-refractivity contribution is 9.25. The highest BCUT2D eigenvalue weighted by Gasteiger charge is 2.25. The van der Waals surface area contributed by atoms with Gasteiger partial charge in [0, 0.05) is 5.57 Å². The predicted octanol–water partition coefficient (Wildman–Crippen LogP) is 3.66. The van der Waals surface area contributed by atoms with Gasteiger partial charge in [0.05, 0.1) is 0 Å². The SMILES string of the molecule is O=C(C1=CCC(Br)(Br)C=C1)C(O)c1ccccc1. The van der Waals surface area contributed by atoms with Crippen LogP contribution in [0.3, 0.4) is 0 Å². The number of allylic oxidation sites excluding steroid dienone is 3. The Balaban J connectivity index is 2.14. The van der Waals surface area contributed by atoms with E-state index in [2.05, 4.69) is 31.9 Å². The molecule has 2 rings (SSSR count). The van der Waals surface area contributed by atoms with E-state index in [0.717, 1.165) is 0 Å². The van der Waals surface area contributed by atoms with Crippen molar-refractivity contribution >= 4 is 37.6 Å². The predicted molar refractivity (Wildman–Crippen MR) is 78.8 cm³/mol. The lowest BCUT2D eigenvalue weighted by Gasteiger charge is -2.19. The Hall–Kier alpha value is -0.710. The number of hydrogen-bond acceptors (Lipinski definition) is 2.